The number of carbonyl (C=O) groups is 1. The molecule has 1 fully saturated rings. The third-order valence-electron chi connectivity index (χ3n) is 5.31. The molecule has 2 aromatic carbocycles. The lowest BCUT2D eigenvalue weighted by Crippen LogP contribution is -2.54. The molecule has 5 nitrogen and oxygen atoms in total. The van der Waals surface area contributed by atoms with E-state index in [2.05, 4.69) is 15.1 Å². The third-order valence-corrected chi connectivity index (χ3v) is 5.63. The number of halogens is 1. The number of ether oxygens (including phenoxy) is 1. The van der Waals surface area contributed by atoms with Crippen LogP contribution in [0.5, 0.6) is 5.75 Å². The van der Waals surface area contributed by atoms with Crippen molar-refractivity contribution in [3.8, 4) is 5.75 Å². The van der Waals surface area contributed by atoms with Crippen LogP contribution < -0.4 is 15.0 Å². The highest BCUT2D eigenvalue weighted by atomic mass is 35.5. The summed E-state index contributed by atoms with van der Waals surface area (Å²) in [5.41, 5.74) is 2.25. The van der Waals surface area contributed by atoms with Crippen LogP contribution in [0.25, 0.3) is 0 Å². The van der Waals surface area contributed by atoms with Gasteiger partial charge in [-0.25, -0.2) is 0 Å². The normalized spacial score (nSPS) is 15.9. The predicted octanol–water partition coefficient (Wildman–Crippen LogP) is 3.22. The minimum atomic E-state index is -0.135. The lowest BCUT2D eigenvalue weighted by atomic mass is 10.1. The Kier molecular flexibility index (Phi) is 7.18. The highest BCUT2D eigenvalue weighted by Gasteiger charge is 2.26. The van der Waals surface area contributed by atoms with Gasteiger partial charge in [0.2, 0.25) is 5.91 Å². The fourth-order valence-electron chi connectivity index (χ4n) is 3.49. The van der Waals surface area contributed by atoms with Crippen molar-refractivity contribution in [2.24, 2.45) is 0 Å². The Morgan fingerprint density at radius 1 is 1.11 bits per heavy atom. The second-order valence-corrected chi connectivity index (χ2v) is 7.45. The van der Waals surface area contributed by atoms with Crippen molar-refractivity contribution in [3.05, 3.63) is 59.1 Å². The van der Waals surface area contributed by atoms with Crippen LogP contribution in [0.15, 0.2) is 48.5 Å². The number of hydrogen-bond acceptors (Lipinski definition) is 4. The van der Waals surface area contributed by atoms with Crippen molar-refractivity contribution in [1.29, 1.82) is 0 Å². The topological polar surface area (TPSA) is 44.8 Å². The highest BCUT2D eigenvalue weighted by Crippen LogP contribution is 2.26. The number of piperazine rings is 1. The number of benzene rings is 2. The van der Waals surface area contributed by atoms with Gasteiger partial charge in [-0.2, -0.15) is 0 Å². The van der Waals surface area contributed by atoms with Crippen molar-refractivity contribution in [2.75, 3.05) is 44.7 Å². The van der Waals surface area contributed by atoms with Gasteiger partial charge in [-0.1, -0.05) is 35.9 Å². The van der Waals surface area contributed by atoms with Gasteiger partial charge in [0.1, 0.15) is 5.75 Å². The monoisotopic (exact) mass is 401 g/mol. The molecule has 0 unspecified atom stereocenters. The second-order valence-electron chi connectivity index (χ2n) is 7.04. The van der Waals surface area contributed by atoms with E-state index < -0.39 is 0 Å². The van der Waals surface area contributed by atoms with Gasteiger partial charge in [0.15, 0.2) is 0 Å². The molecule has 1 atom stereocenters. The van der Waals surface area contributed by atoms with Crippen LogP contribution in [0.2, 0.25) is 5.02 Å². The molecule has 0 aromatic heterocycles. The van der Waals surface area contributed by atoms with E-state index in [4.69, 9.17) is 16.3 Å². The van der Waals surface area contributed by atoms with Gasteiger partial charge in [-0.3, -0.25) is 9.69 Å². The summed E-state index contributed by atoms with van der Waals surface area (Å²) in [7, 11) is 1.66. The first kappa shape index (κ1) is 20.5. The molecule has 1 saturated heterocycles. The van der Waals surface area contributed by atoms with Gasteiger partial charge >= 0.3 is 0 Å². The first-order chi connectivity index (χ1) is 13.6. The molecule has 150 valence electrons. The quantitative estimate of drug-likeness (QED) is 0.773. The number of rotatable bonds is 7. The van der Waals surface area contributed by atoms with E-state index in [0.29, 0.717) is 6.54 Å². The molecule has 3 rings (SSSR count). The lowest BCUT2D eigenvalue weighted by Gasteiger charge is -2.38. The van der Waals surface area contributed by atoms with Gasteiger partial charge in [0, 0.05) is 32.7 Å². The minimum absolute atomic E-state index is 0.0831. The zero-order valence-electron chi connectivity index (χ0n) is 16.5. The van der Waals surface area contributed by atoms with Crippen LogP contribution >= 0.6 is 11.6 Å². The van der Waals surface area contributed by atoms with Crippen LogP contribution in [-0.2, 0) is 11.2 Å². The zero-order valence-corrected chi connectivity index (χ0v) is 17.3. The van der Waals surface area contributed by atoms with Crippen LogP contribution in [-0.4, -0.2) is 56.7 Å². The Morgan fingerprint density at radius 2 is 1.79 bits per heavy atom. The molecule has 2 aromatic rings. The SMILES string of the molecule is COc1ccc(CCNC(=O)[C@@H](C)N2CCN(c3ccccc3Cl)CC2)cc1. The first-order valence-corrected chi connectivity index (χ1v) is 10.1. The summed E-state index contributed by atoms with van der Waals surface area (Å²) in [4.78, 5) is 17.0. The van der Waals surface area contributed by atoms with Crippen LogP contribution in [0.3, 0.4) is 0 Å². The van der Waals surface area contributed by atoms with Gasteiger partial charge in [-0.05, 0) is 43.2 Å². The standard InChI is InChI=1S/C22H28ClN3O2/c1-17(22(27)24-12-11-18-7-9-19(28-2)10-8-18)25-13-15-26(16-14-25)21-6-4-3-5-20(21)23/h3-10,17H,11-16H2,1-2H3,(H,24,27)/t17-/m1/s1. The van der Waals surface area contributed by atoms with E-state index in [9.17, 15) is 4.79 Å². The number of carbonyl (C=O) groups excluding carboxylic acids is 1. The average Bonchev–Trinajstić information content (AvgIpc) is 2.74. The van der Waals surface area contributed by atoms with E-state index in [1.807, 2.05) is 55.5 Å². The number of nitrogens with one attached hydrogen (secondary N) is 1. The highest BCUT2D eigenvalue weighted by molar-refractivity contribution is 6.33. The van der Waals surface area contributed by atoms with Crippen molar-refractivity contribution >= 4 is 23.2 Å². The molecule has 0 aliphatic carbocycles. The third kappa shape index (κ3) is 5.18. The molecule has 1 aliphatic rings. The van der Waals surface area contributed by atoms with Gasteiger partial charge in [0.25, 0.3) is 0 Å². The molecule has 0 saturated carbocycles. The molecular formula is C22H28ClN3O2. The van der Waals surface area contributed by atoms with Gasteiger partial charge in [0.05, 0.1) is 23.9 Å². The maximum absolute atomic E-state index is 12.5. The largest absolute Gasteiger partial charge is 0.497 e. The van der Waals surface area contributed by atoms with Crippen LogP contribution in [0, 0.1) is 0 Å². The first-order valence-electron chi connectivity index (χ1n) is 9.72. The molecule has 6 heteroatoms. The Labute approximate surface area is 172 Å². The van der Waals surface area contributed by atoms with E-state index in [1.54, 1.807) is 7.11 Å². The van der Waals surface area contributed by atoms with E-state index >= 15 is 0 Å². The molecule has 0 bridgehead atoms. The Bertz CT molecular complexity index is 774. The molecule has 1 heterocycles. The average molecular weight is 402 g/mol. The summed E-state index contributed by atoms with van der Waals surface area (Å²) < 4.78 is 5.17. The number of methoxy groups -OCH3 is 1. The smallest absolute Gasteiger partial charge is 0.237 e. The molecule has 0 radical (unpaired) electrons. The Balaban J connectivity index is 1.43. The summed E-state index contributed by atoms with van der Waals surface area (Å²) in [5, 5.41) is 3.84. The summed E-state index contributed by atoms with van der Waals surface area (Å²) in [6.45, 7) is 6.04. The minimum Gasteiger partial charge on any atom is -0.497 e. The van der Waals surface area contributed by atoms with Gasteiger partial charge < -0.3 is 15.0 Å². The number of hydrogen-bond donors (Lipinski definition) is 1. The fourth-order valence-corrected chi connectivity index (χ4v) is 3.75. The molecule has 1 aliphatic heterocycles. The summed E-state index contributed by atoms with van der Waals surface area (Å²) in [6.07, 6.45) is 0.808. The molecular weight excluding hydrogens is 374 g/mol. The number of nitrogens with zero attached hydrogens (tertiary/aromatic N) is 2. The Morgan fingerprint density at radius 3 is 2.43 bits per heavy atom. The van der Waals surface area contributed by atoms with Crippen molar-refractivity contribution in [1.82, 2.24) is 10.2 Å². The van der Waals surface area contributed by atoms with Crippen LogP contribution in [0.1, 0.15) is 12.5 Å². The maximum atomic E-state index is 12.5. The number of para-hydroxylation sites is 1. The molecule has 1 N–H and O–H groups in total. The van der Waals surface area contributed by atoms with E-state index in [-0.39, 0.29) is 11.9 Å². The number of anilines is 1. The molecule has 0 spiro atoms. The van der Waals surface area contributed by atoms with E-state index in [0.717, 1.165) is 49.1 Å². The Hall–Kier alpha value is -2.24. The van der Waals surface area contributed by atoms with Crippen LogP contribution in [0.4, 0.5) is 5.69 Å². The predicted molar refractivity (Wildman–Crippen MR) is 114 cm³/mol. The molecule has 1 amide bonds. The summed E-state index contributed by atoms with van der Waals surface area (Å²) >= 11 is 6.31. The lowest BCUT2D eigenvalue weighted by molar-refractivity contribution is -0.125. The zero-order chi connectivity index (χ0) is 19.9. The number of amides is 1. The van der Waals surface area contributed by atoms with Gasteiger partial charge in [-0.15, -0.1) is 0 Å². The van der Waals surface area contributed by atoms with Crippen molar-refractivity contribution in [3.63, 3.8) is 0 Å². The van der Waals surface area contributed by atoms with Crippen molar-refractivity contribution < 1.29 is 9.53 Å². The summed E-state index contributed by atoms with van der Waals surface area (Å²) in [5.74, 6) is 0.928. The van der Waals surface area contributed by atoms with E-state index in [1.165, 1.54) is 5.56 Å². The molecule has 28 heavy (non-hydrogen) atoms. The second kappa shape index (κ2) is 9.80. The maximum Gasteiger partial charge on any atom is 0.237 e. The van der Waals surface area contributed by atoms with Crippen molar-refractivity contribution in [2.45, 2.75) is 19.4 Å². The fraction of sp³-hybridized carbons (Fsp3) is 0.409. The summed E-state index contributed by atoms with van der Waals surface area (Å²) in [6, 6.07) is 15.7.